The van der Waals surface area contributed by atoms with Crippen molar-refractivity contribution in [3.63, 3.8) is 0 Å². The minimum atomic E-state index is -4.90. The molecular weight excluding hydrogens is 343 g/mol. The Labute approximate surface area is 142 Å². The van der Waals surface area contributed by atoms with Crippen LogP contribution in [0.5, 0.6) is 0 Å². The molecule has 1 aliphatic rings. The number of carbonyl (C=O) groups is 2. The van der Waals surface area contributed by atoms with Gasteiger partial charge in [-0.15, -0.1) is 11.8 Å². The highest BCUT2D eigenvalue weighted by atomic mass is 32.2. The van der Waals surface area contributed by atoms with Crippen molar-refractivity contribution in [2.45, 2.75) is 36.6 Å². The van der Waals surface area contributed by atoms with E-state index in [0.717, 1.165) is 9.80 Å². The van der Waals surface area contributed by atoms with Crippen LogP contribution in [0.4, 0.5) is 13.2 Å². The number of thioether (sulfide) groups is 1. The smallest absolute Gasteiger partial charge is 0.406 e. The first-order valence-electron chi connectivity index (χ1n) is 7.43. The predicted molar refractivity (Wildman–Crippen MR) is 84.1 cm³/mol. The number of likely N-dealkylation sites (tertiary alicyclic amines) is 1. The van der Waals surface area contributed by atoms with Crippen LogP contribution in [-0.4, -0.2) is 46.4 Å². The van der Waals surface area contributed by atoms with Crippen molar-refractivity contribution < 1.29 is 27.9 Å². The Bertz CT molecular complexity index is 630. The van der Waals surface area contributed by atoms with E-state index >= 15 is 0 Å². The van der Waals surface area contributed by atoms with E-state index in [4.69, 9.17) is 5.11 Å². The van der Waals surface area contributed by atoms with Gasteiger partial charge < -0.3 is 10.0 Å². The molecule has 1 saturated heterocycles. The summed E-state index contributed by atoms with van der Waals surface area (Å²) >= 11 is 1.61. The number of carboxylic acids is 1. The van der Waals surface area contributed by atoms with Crippen LogP contribution < -0.4 is 0 Å². The van der Waals surface area contributed by atoms with Gasteiger partial charge in [-0.1, -0.05) is 13.8 Å². The summed E-state index contributed by atoms with van der Waals surface area (Å²) in [4.78, 5) is 25.5. The topological polar surface area (TPSA) is 57.6 Å². The second-order valence-corrected chi connectivity index (χ2v) is 7.70. The second-order valence-electron chi connectivity index (χ2n) is 6.05. The van der Waals surface area contributed by atoms with E-state index in [9.17, 15) is 22.8 Å². The maximum absolute atomic E-state index is 13.2. The van der Waals surface area contributed by atoms with Crippen LogP contribution in [0.2, 0.25) is 0 Å². The lowest BCUT2D eigenvalue weighted by molar-refractivity contribution is -0.227. The van der Waals surface area contributed by atoms with Crippen molar-refractivity contribution in [2.75, 3.05) is 13.1 Å². The average Bonchev–Trinajstić information content (AvgIpc) is 2.93. The number of carbonyl (C=O) groups excluding carboxylic acids is 1. The predicted octanol–water partition coefficient (Wildman–Crippen LogP) is 3.67. The molecule has 0 spiro atoms. The van der Waals surface area contributed by atoms with Gasteiger partial charge in [0.15, 0.2) is 5.41 Å². The number of carboxylic acid groups (broad SMARTS) is 1. The molecule has 1 amide bonds. The third-order valence-corrected chi connectivity index (χ3v) is 5.00. The van der Waals surface area contributed by atoms with E-state index in [1.54, 1.807) is 36.0 Å². The molecule has 1 unspecified atom stereocenters. The molecule has 1 N–H and O–H groups in total. The van der Waals surface area contributed by atoms with Crippen molar-refractivity contribution in [3.05, 3.63) is 29.8 Å². The summed E-state index contributed by atoms with van der Waals surface area (Å²) in [6, 6.07) is 6.59. The van der Waals surface area contributed by atoms with Gasteiger partial charge in [-0.2, -0.15) is 13.2 Å². The zero-order chi connectivity index (χ0) is 18.1. The SMILES string of the molecule is CC(C)Sc1ccc(C(=O)N2CCC(C(=O)O)(C(F)(F)F)C2)cc1. The van der Waals surface area contributed by atoms with Gasteiger partial charge in [0.2, 0.25) is 0 Å². The average molecular weight is 361 g/mol. The van der Waals surface area contributed by atoms with Crippen molar-refractivity contribution in [3.8, 4) is 0 Å². The number of hydrogen-bond donors (Lipinski definition) is 1. The fourth-order valence-corrected chi connectivity index (χ4v) is 3.48. The summed E-state index contributed by atoms with van der Waals surface area (Å²) in [5, 5.41) is 9.40. The highest BCUT2D eigenvalue weighted by Gasteiger charge is 2.64. The molecular formula is C16H18F3NO3S. The van der Waals surface area contributed by atoms with Gasteiger partial charge in [-0.25, -0.2) is 0 Å². The van der Waals surface area contributed by atoms with E-state index in [2.05, 4.69) is 0 Å². The molecule has 1 aromatic rings. The molecule has 24 heavy (non-hydrogen) atoms. The van der Waals surface area contributed by atoms with Crippen molar-refractivity contribution in [1.29, 1.82) is 0 Å². The number of benzene rings is 1. The lowest BCUT2D eigenvalue weighted by Crippen LogP contribution is -2.47. The maximum atomic E-state index is 13.2. The highest BCUT2D eigenvalue weighted by molar-refractivity contribution is 7.99. The highest BCUT2D eigenvalue weighted by Crippen LogP contribution is 2.46. The first kappa shape index (κ1) is 18.6. The number of alkyl halides is 3. The third-order valence-electron chi connectivity index (χ3n) is 3.98. The molecule has 1 atom stereocenters. The summed E-state index contributed by atoms with van der Waals surface area (Å²) in [5.41, 5.74) is -2.62. The minimum Gasteiger partial charge on any atom is -0.481 e. The van der Waals surface area contributed by atoms with Crippen LogP contribution in [0.1, 0.15) is 30.6 Å². The number of rotatable bonds is 4. The van der Waals surface area contributed by atoms with Crippen LogP contribution in [0.3, 0.4) is 0 Å². The summed E-state index contributed by atoms with van der Waals surface area (Å²) in [5.74, 6) is -2.52. The quantitative estimate of drug-likeness (QED) is 0.832. The van der Waals surface area contributed by atoms with Gasteiger partial charge in [0.1, 0.15) is 0 Å². The molecule has 4 nitrogen and oxygen atoms in total. The number of aliphatic carboxylic acids is 1. The zero-order valence-electron chi connectivity index (χ0n) is 13.3. The lowest BCUT2D eigenvalue weighted by Gasteiger charge is -2.27. The van der Waals surface area contributed by atoms with Gasteiger partial charge in [-0.05, 0) is 30.7 Å². The van der Waals surface area contributed by atoms with Crippen molar-refractivity contribution in [1.82, 2.24) is 4.90 Å². The van der Waals surface area contributed by atoms with Crippen LogP contribution in [0.15, 0.2) is 29.2 Å². The molecule has 132 valence electrons. The first-order chi connectivity index (χ1) is 11.1. The molecule has 1 fully saturated rings. The molecule has 1 heterocycles. The van der Waals surface area contributed by atoms with Crippen molar-refractivity contribution in [2.24, 2.45) is 5.41 Å². The van der Waals surface area contributed by atoms with E-state index in [-0.39, 0.29) is 12.1 Å². The normalized spacial score (nSPS) is 21.3. The lowest BCUT2D eigenvalue weighted by atomic mass is 9.86. The van der Waals surface area contributed by atoms with Gasteiger partial charge in [0.05, 0.1) is 0 Å². The van der Waals surface area contributed by atoms with Crippen LogP contribution in [0.25, 0.3) is 0 Å². The van der Waals surface area contributed by atoms with Crippen LogP contribution in [0, 0.1) is 5.41 Å². The summed E-state index contributed by atoms with van der Waals surface area (Å²) in [6.45, 7) is 2.97. The first-order valence-corrected chi connectivity index (χ1v) is 8.31. The van der Waals surface area contributed by atoms with Gasteiger partial charge in [-0.3, -0.25) is 9.59 Å². The van der Waals surface area contributed by atoms with E-state index in [1.165, 1.54) is 0 Å². The maximum Gasteiger partial charge on any atom is 0.406 e. The minimum absolute atomic E-state index is 0.229. The van der Waals surface area contributed by atoms with Crippen LogP contribution >= 0.6 is 11.8 Å². The molecule has 8 heteroatoms. The van der Waals surface area contributed by atoms with Gasteiger partial charge >= 0.3 is 12.1 Å². The Morgan fingerprint density at radius 3 is 2.25 bits per heavy atom. The monoisotopic (exact) mass is 361 g/mol. The second kappa shape index (κ2) is 6.66. The molecule has 0 saturated carbocycles. The number of hydrogen-bond acceptors (Lipinski definition) is 3. The standard InChI is InChI=1S/C16H18F3NO3S/c1-10(2)24-12-5-3-11(4-6-12)13(21)20-8-7-15(9-20,14(22)23)16(17,18)19/h3-6,10H,7-9H2,1-2H3,(H,22,23). The zero-order valence-corrected chi connectivity index (χ0v) is 14.1. The van der Waals surface area contributed by atoms with E-state index < -0.39 is 36.4 Å². The molecule has 1 aromatic carbocycles. The largest absolute Gasteiger partial charge is 0.481 e. The van der Waals surface area contributed by atoms with Gasteiger partial charge in [0, 0.05) is 28.8 Å². The Balaban J connectivity index is 2.15. The number of halogens is 3. The molecule has 0 aromatic heterocycles. The molecule has 0 aliphatic carbocycles. The molecule has 0 radical (unpaired) electrons. The van der Waals surface area contributed by atoms with E-state index in [0.29, 0.717) is 5.25 Å². The van der Waals surface area contributed by atoms with Gasteiger partial charge in [0.25, 0.3) is 5.91 Å². The van der Waals surface area contributed by atoms with Crippen molar-refractivity contribution >= 4 is 23.6 Å². The third kappa shape index (κ3) is 3.53. The Morgan fingerprint density at radius 2 is 1.83 bits per heavy atom. The molecule has 2 rings (SSSR count). The summed E-state index contributed by atoms with van der Waals surface area (Å²) in [6.07, 6.45) is -5.52. The number of amides is 1. The summed E-state index contributed by atoms with van der Waals surface area (Å²) < 4.78 is 39.5. The Morgan fingerprint density at radius 1 is 1.25 bits per heavy atom. The Kier molecular flexibility index (Phi) is 5.17. The Hall–Kier alpha value is -1.70. The molecule has 1 aliphatic heterocycles. The fourth-order valence-electron chi connectivity index (χ4n) is 2.64. The van der Waals surface area contributed by atoms with Crippen LogP contribution in [-0.2, 0) is 4.79 Å². The number of nitrogens with zero attached hydrogens (tertiary/aromatic N) is 1. The van der Waals surface area contributed by atoms with E-state index in [1.807, 2.05) is 13.8 Å². The molecule has 0 bridgehead atoms. The summed E-state index contributed by atoms with van der Waals surface area (Å²) in [7, 11) is 0. The fraction of sp³-hybridized carbons (Fsp3) is 0.500.